The highest BCUT2D eigenvalue weighted by Gasteiger charge is 2.30. The summed E-state index contributed by atoms with van der Waals surface area (Å²) in [4.78, 5) is 27.3. The van der Waals surface area contributed by atoms with Crippen molar-refractivity contribution in [1.82, 2.24) is 24.4 Å². The van der Waals surface area contributed by atoms with Gasteiger partial charge in [0.1, 0.15) is 5.60 Å². The third-order valence-electron chi connectivity index (χ3n) is 5.63. The number of sulfone groups is 1. The van der Waals surface area contributed by atoms with Crippen LogP contribution in [0.1, 0.15) is 39.7 Å². The molecule has 2 aromatic heterocycles. The second-order valence-electron chi connectivity index (χ2n) is 9.55. The number of imidazole rings is 1. The zero-order chi connectivity index (χ0) is 25.4. The lowest BCUT2D eigenvalue weighted by Crippen LogP contribution is -2.42. The number of likely N-dealkylation sites (tertiary alicyclic amines) is 1. The fourth-order valence-electron chi connectivity index (χ4n) is 4.01. The van der Waals surface area contributed by atoms with E-state index in [0.29, 0.717) is 37.3 Å². The smallest absolute Gasteiger partial charge is 0.410 e. The number of benzene rings is 1. The van der Waals surface area contributed by atoms with E-state index in [2.05, 4.69) is 32.6 Å². The van der Waals surface area contributed by atoms with Crippen LogP contribution < -0.4 is 0 Å². The molecule has 11 heteroatoms. The molecule has 1 aliphatic rings. The third kappa shape index (κ3) is 6.00. The minimum atomic E-state index is -3.58. The Hall–Kier alpha value is -2.54. The molecule has 1 saturated heterocycles. The summed E-state index contributed by atoms with van der Waals surface area (Å²) in [5.41, 5.74) is 2.30. The van der Waals surface area contributed by atoms with E-state index in [9.17, 15) is 13.2 Å². The van der Waals surface area contributed by atoms with Gasteiger partial charge in [-0.25, -0.2) is 28.2 Å². The minimum Gasteiger partial charge on any atom is -0.444 e. The van der Waals surface area contributed by atoms with Gasteiger partial charge in [0.15, 0.2) is 0 Å². The van der Waals surface area contributed by atoms with Crippen molar-refractivity contribution in [2.75, 3.05) is 19.3 Å². The maximum atomic E-state index is 12.5. The number of rotatable bonds is 4. The molecule has 1 amide bonds. The first-order chi connectivity index (χ1) is 16.4. The Morgan fingerprint density at radius 1 is 1.09 bits per heavy atom. The van der Waals surface area contributed by atoms with Crippen LogP contribution in [0.5, 0.6) is 0 Å². The lowest BCUT2D eigenvalue weighted by molar-refractivity contribution is 0.0189. The molecule has 186 valence electrons. The van der Waals surface area contributed by atoms with Crippen molar-refractivity contribution < 1.29 is 17.9 Å². The van der Waals surface area contributed by atoms with Gasteiger partial charge in [-0.05, 0) is 74.4 Å². The van der Waals surface area contributed by atoms with E-state index in [4.69, 9.17) is 9.72 Å². The molecule has 9 nitrogen and oxygen atoms in total. The van der Waals surface area contributed by atoms with Gasteiger partial charge in [-0.15, -0.1) is 0 Å². The van der Waals surface area contributed by atoms with E-state index in [-0.39, 0.29) is 17.3 Å². The molecular weight excluding hydrogens is 581 g/mol. The Bertz CT molecular complexity index is 1320. The van der Waals surface area contributed by atoms with Crippen molar-refractivity contribution in [3.05, 3.63) is 46.4 Å². The van der Waals surface area contributed by atoms with Gasteiger partial charge >= 0.3 is 6.09 Å². The largest absolute Gasteiger partial charge is 0.444 e. The maximum absolute atomic E-state index is 12.5. The number of hydrogen-bond donors (Lipinski definition) is 0. The zero-order valence-corrected chi connectivity index (χ0v) is 23.1. The van der Waals surface area contributed by atoms with E-state index < -0.39 is 15.4 Å². The summed E-state index contributed by atoms with van der Waals surface area (Å²) in [5, 5.41) is -0.226. The van der Waals surface area contributed by atoms with Crippen molar-refractivity contribution in [3.63, 3.8) is 0 Å². The van der Waals surface area contributed by atoms with Gasteiger partial charge in [-0.2, -0.15) is 0 Å². The van der Waals surface area contributed by atoms with Crippen LogP contribution >= 0.6 is 22.6 Å². The van der Waals surface area contributed by atoms with Gasteiger partial charge in [-0.1, -0.05) is 12.1 Å². The van der Waals surface area contributed by atoms with Crippen LogP contribution in [-0.2, 0) is 14.6 Å². The Kier molecular flexibility index (Phi) is 7.18. The van der Waals surface area contributed by atoms with Crippen LogP contribution in [0.15, 0.2) is 48.0 Å². The molecule has 4 rings (SSSR count). The number of nitrogens with zero attached hydrogens (tertiary/aromatic N) is 5. The number of carbonyl (C=O) groups is 1. The number of ether oxygens (including phenoxy) is 1. The van der Waals surface area contributed by atoms with Crippen LogP contribution in [0.3, 0.4) is 0 Å². The SMILES string of the molecule is CC(C)(C)OC(=O)N1CCC(n2cnc(-c3ccc(I)cc3)c2-c2ccnc(S(C)(=O)=O)n2)CC1. The molecule has 0 aliphatic carbocycles. The minimum absolute atomic E-state index is 0.0606. The molecule has 0 radical (unpaired) electrons. The van der Waals surface area contributed by atoms with Crippen molar-refractivity contribution in [2.24, 2.45) is 0 Å². The molecule has 1 aromatic carbocycles. The fourth-order valence-corrected chi connectivity index (χ4v) is 4.89. The van der Waals surface area contributed by atoms with Gasteiger partial charge in [-0.3, -0.25) is 0 Å². The Labute approximate surface area is 219 Å². The molecule has 0 spiro atoms. The van der Waals surface area contributed by atoms with E-state index in [0.717, 1.165) is 21.1 Å². The zero-order valence-electron chi connectivity index (χ0n) is 20.1. The van der Waals surface area contributed by atoms with Crippen LogP contribution in [-0.4, -0.2) is 63.9 Å². The molecular formula is C24H28IN5O4S. The standard InChI is InChI=1S/C24H28IN5O4S/c1-24(2,3)34-23(31)29-13-10-18(11-14-29)30-15-27-20(16-5-7-17(25)8-6-16)21(30)19-9-12-26-22(28-19)35(4,32)33/h5-9,12,15,18H,10-11,13-14H2,1-4H3. The highest BCUT2D eigenvalue weighted by atomic mass is 127. The number of halogens is 1. The van der Waals surface area contributed by atoms with Gasteiger partial charge in [0.25, 0.3) is 0 Å². The maximum Gasteiger partial charge on any atom is 0.410 e. The summed E-state index contributed by atoms with van der Waals surface area (Å²) in [6.07, 6.45) is 5.43. The number of piperidine rings is 1. The fraction of sp³-hybridized carbons (Fsp3) is 0.417. The predicted octanol–water partition coefficient (Wildman–Crippen LogP) is 4.59. The lowest BCUT2D eigenvalue weighted by Gasteiger charge is -2.34. The number of aromatic nitrogens is 4. The van der Waals surface area contributed by atoms with Gasteiger partial charge < -0.3 is 14.2 Å². The number of amides is 1. The van der Waals surface area contributed by atoms with E-state index in [1.807, 2.05) is 49.6 Å². The average molecular weight is 609 g/mol. The quantitative estimate of drug-likeness (QED) is 0.315. The van der Waals surface area contributed by atoms with Gasteiger partial charge in [0.2, 0.25) is 15.0 Å². The molecule has 0 N–H and O–H groups in total. The lowest BCUT2D eigenvalue weighted by atomic mass is 10.0. The highest BCUT2D eigenvalue weighted by molar-refractivity contribution is 14.1. The molecule has 35 heavy (non-hydrogen) atoms. The average Bonchev–Trinajstić information content (AvgIpc) is 3.23. The van der Waals surface area contributed by atoms with Crippen molar-refractivity contribution in [2.45, 2.75) is 50.4 Å². The summed E-state index contributed by atoms with van der Waals surface area (Å²) >= 11 is 2.25. The summed E-state index contributed by atoms with van der Waals surface area (Å²) < 4.78 is 32.9. The molecule has 1 fully saturated rings. The molecule has 3 heterocycles. The Morgan fingerprint density at radius 2 is 1.74 bits per heavy atom. The first kappa shape index (κ1) is 25.5. The van der Waals surface area contributed by atoms with Crippen molar-refractivity contribution in [3.8, 4) is 22.6 Å². The van der Waals surface area contributed by atoms with E-state index in [1.54, 1.807) is 17.3 Å². The first-order valence-corrected chi connectivity index (χ1v) is 14.2. The molecule has 0 saturated carbocycles. The van der Waals surface area contributed by atoms with Crippen LogP contribution in [0.2, 0.25) is 0 Å². The van der Waals surface area contributed by atoms with Crippen molar-refractivity contribution in [1.29, 1.82) is 0 Å². The van der Waals surface area contributed by atoms with E-state index >= 15 is 0 Å². The van der Waals surface area contributed by atoms with E-state index in [1.165, 1.54) is 6.20 Å². The third-order valence-corrected chi connectivity index (χ3v) is 7.21. The number of carbonyl (C=O) groups excluding carboxylic acids is 1. The van der Waals surface area contributed by atoms with Crippen LogP contribution in [0, 0.1) is 3.57 Å². The topological polar surface area (TPSA) is 107 Å². The summed E-state index contributed by atoms with van der Waals surface area (Å²) in [5.74, 6) is 0. The molecule has 3 aromatic rings. The first-order valence-electron chi connectivity index (χ1n) is 11.3. The second kappa shape index (κ2) is 9.84. The van der Waals surface area contributed by atoms with Gasteiger partial charge in [0, 0.05) is 40.7 Å². The second-order valence-corrected chi connectivity index (χ2v) is 12.7. The van der Waals surface area contributed by atoms with Gasteiger partial charge in [0.05, 0.1) is 23.4 Å². The summed E-state index contributed by atoms with van der Waals surface area (Å²) in [7, 11) is -3.58. The normalized spacial score (nSPS) is 15.3. The molecule has 0 atom stereocenters. The highest BCUT2D eigenvalue weighted by Crippen LogP contribution is 2.35. The molecule has 0 bridgehead atoms. The Morgan fingerprint density at radius 3 is 2.34 bits per heavy atom. The van der Waals surface area contributed by atoms with Crippen molar-refractivity contribution >= 4 is 38.5 Å². The molecule has 1 aliphatic heterocycles. The monoisotopic (exact) mass is 609 g/mol. The Balaban J connectivity index is 1.70. The predicted molar refractivity (Wildman–Crippen MR) is 141 cm³/mol. The molecule has 0 unspecified atom stereocenters. The summed E-state index contributed by atoms with van der Waals surface area (Å²) in [6.45, 7) is 6.67. The number of hydrogen-bond acceptors (Lipinski definition) is 7. The summed E-state index contributed by atoms with van der Waals surface area (Å²) in [6, 6.07) is 9.74. The van der Waals surface area contributed by atoms with Crippen LogP contribution in [0.4, 0.5) is 4.79 Å². The van der Waals surface area contributed by atoms with Crippen LogP contribution in [0.25, 0.3) is 22.6 Å².